The largest absolute Gasteiger partial charge is 0.386 e. The molecular formula is C35H49F3O. The van der Waals surface area contributed by atoms with Crippen molar-refractivity contribution in [3.05, 3.63) is 70.5 Å². The maximum atomic E-state index is 15.1. The third-order valence-electron chi connectivity index (χ3n) is 9.59. The molecule has 2 aliphatic rings. The van der Waals surface area contributed by atoms with Gasteiger partial charge in [-0.1, -0.05) is 82.7 Å². The van der Waals surface area contributed by atoms with Crippen LogP contribution in [-0.2, 0) is 10.8 Å². The summed E-state index contributed by atoms with van der Waals surface area (Å²) in [6, 6.07) is 12.2. The van der Waals surface area contributed by atoms with Gasteiger partial charge in [-0.3, -0.25) is 0 Å². The molecule has 4 heteroatoms. The molecule has 0 aliphatic heterocycles. The number of benzene rings is 2. The fraction of sp³-hybridized carbons (Fsp3) is 0.657. The predicted molar refractivity (Wildman–Crippen MR) is 155 cm³/mol. The van der Waals surface area contributed by atoms with Crippen LogP contribution in [0.3, 0.4) is 0 Å². The molecular weight excluding hydrogens is 493 g/mol. The van der Waals surface area contributed by atoms with Gasteiger partial charge in [0.25, 0.3) is 0 Å². The third kappa shape index (κ3) is 8.12. The Hall–Kier alpha value is -1.81. The number of ether oxygens (including phenoxy) is 1. The van der Waals surface area contributed by atoms with Crippen molar-refractivity contribution < 1.29 is 17.9 Å². The summed E-state index contributed by atoms with van der Waals surface area (Å²) in [5.41, 5.74) is 2.13. The Bertz CT molecular complexity index is 1000. The first-order chi connectivity index (χ1) is 18.8. The van der Waals surface area contributed by atoms with Crippen molar-refractivity contribution in [2.45, 2.75) is 135 Å². The molecule has 0 saturated heterocycles. The lowest BCUT2D eigenvalue weighted by molar-refractivity contribution is -0.273. The minimum atomic E-state index is -3.70. The molecule has 1 unspecified atom stereocenters. The highest BCUT2D eigenvalue weighted by Gasteiger charge is 2.38. The predicted octanol–water partition coefficient (Wildman–Crippen LogP) is 11.6. The highest BCUT2D eigenvalue weighted by Crippen LogP contribution is 2.42. The summed E-state index contributed by atoms with van der Waals surface area (Å²) in [5, 5.41) is 0. The molecule has 0 heterocycles. The van der Waals surface area contributed by atoms with Crippen molar-refractivity contribution in [3.8, 4) is 0 Å². The molecule has 39 heavy (non-hydrogen) atoms. The fourth-order valence-electron chi connectivity index (χ4n) is 7.07. The number of rotatable bonds is 12. The summed E-state index contributed by atoms with van der Waals surface area (Å²) in [4.78, 5) is 0. The Kier molecular flexibility index (Phi) is 11.0. The Labute approximate surface area is 234 Å². The zero-order valence-corrected chi connectivity index (χ0v) is 24.4. The van der Waals surface area contributed by atoms with E-state index >= 15 is 13.2 Å². The second kappa shape index (κ2) is 14.2. The minimum absolute atomic E-state index is 0.254. The van der Waals surface area contributed by atoms with E-state index in [1.807, 2.05) is 12.1 Å². The number of alkyl halides is 2. The van der Waals surface area contributed by atoms with Crippen molar-refractivity contribution in [1.29, 1.82) is 0 Å². The van der Waals surface area contributed by atoms with Gasteiger partial charge in [0, 0.05) is 0 Å². The van der Waals surface area contributed by atoms with Crippen LogP contribution in [0.25, 0.3) is 0 Å². The molecule has 0 radical (unpaired) electrons. The number of hydrogen-bond acceptors (Lipinski definition) is 1. The Morgan fingerprint density at radius 2 is 1.31 bits per heavy atom. The Morgan fingerprint density at radius 1 is 0.744 bits per heavy atom. The summed E-state index contributed by atoms with van der Waals surface area (Å²) in [6.45, 7) is 6.09. The van der Waals surface area contributed by atoms with Crippen LogP contribution in [-0.4, -0.2) is 0 Å². The van der Waals surface area contributed by atoms with Crippen molar-refractivity contribution in [2.24, 2.45) is 11.8 Å². The molecule has 1 atom stereocenters. The van der Waals surface area contributed by atoms with E-state index in [4.69, 9.17) is 4.74 Å². The molecule has 216 valence electrons. The van der Waals surface area contributed by atoms with Gasteiger partial charge in [-0.05, 0) is 111 Å². The number of unbranched alkanes of at least 4 members (excludes halogenated alkanes) is 2. The van der Waals surface area contributed by atoms with Crippen LogP contribution in [0.5, 0.6) is 0 Å². The lowest BCUT2D eigenvalue weighted by Crippen LogP contribution is -2.22. The summed E-state index contributed by atoms with van der Waals surface area (Å²) in [5.74, 6) is 1.54. The minimum Gasteiger partial charge on any atom is -0.309 e. The van der Waals surface area contributed by atoms with Gasteiger partial charge in [0.15, 0.2) is 0 Å². The maximum Gasteiger partial charge on any atom is 0.386 e. The molecule has 0 aromatic heterocycles. The van der Waals surface area contributed by atoms with E-state index in [1.54, 1.807) is 13.0 Å². The average molecular weight is 543 g/mol. The Morgan fingerprint density at radius 3 is 1.87 bits per heavy atom. The van der Waals surface area contributed by atoms with Crippen LogP contribution in [0.15, 0.2) is 42.5 Å². The second-order valence-corrected chi connectivity index (χ2v) is 12.4. The average Bonchev–Trinajstić information content (AvgIpc) is 2.94. The molecule has 0 spiro atoms. The van der Waals surface area contributed by atoms with E-state index in [0.29, 0.717) is 11.5 Å². The van der Waals surface area contributed by atoms with Crippen LogP contribution >= 0.6 is 0 Å². The van der Waals surface area contributed by atoms with Crippen molar-refractivity contribution >= 4 is 0 Å². The first-order valence-corrected chi connectivity index (χ1v) is 15.8. The molecule has 0 N–H and O–H groups in total. The maximum absolute atomic E-state index is 15.1. The summed E-state index contributed by atoms with van der Waals surface area (Å²) >= 11 is 0. The normalized spacial score (nSPS) is 25.0. The van der Waals surface area contributed by atoms with Gasteiger partial charge in [0.05, 0.1) is 11.7 Å². The van der Waals surface area contributed by atoms with Gasteiger partial charge in [-0.2, -0.15) is 8.78 Å². The molecule has 2 aromatic carbocycles. The lowest BCUT2D eigenvalue weighted by Gasteiger charge is -2.29. The van der Waals surface area contributed by atoms with E-state index in [9.17, 15) is 0 Å². The highest BCUT2D eigenvalue weighted by atomic mass is 19.3. The van der Waals surface area contributed by atoms with Crippen molar-refractivity contribution in [1.82, 2.24) is 0 Å². The summed E-state index contributed by atoms with van der Waals surface area (Å²) < 4.78 is 50.5. The highest BCUT2D eigenvalue weighted by molar-refractivity contribution is 5.30. The standard InChI is InChI=1S/C35H49F3O/c1-4-6-7-9-27-12-16-31(17-13-27)32-22-23-33(34(36)24-32)35(37,38)39-25(3)28-18-20-30(21-19-28)29-14-10-26(8-5-2)11-15-29/h18-27,29,31H,4-17H2,1-3H3. The molecule has 1 nitrogen and oxygen atoms in total. The summed E-state index contributed by atoms with van der Waals surface area (Å²) in [7, 11) is 0. The van der Waals surface area contributed by atoms with Crippen LogP contribution in [0.1, 0.15) is 151 Å². The van der Waals surface area contributed by atoms with E-state index in [2.05, 4.69) is 26.0 Å². The first kappa shape index (κ1) is 30.2. The first-order valence-electron chi connectivity index (χ1n) is 15.8. The topological polar surface area (TPSA) is 9.23 Å². The van der Waals surface area contributed by atoms with Crippen LogP contribution in [0.4, 0.5) is 13.2 Å². The quantitative estimate of drug-likeness (QED) is 0.242. The van der Waals surface area contributed by atoms with Gasteiger partial charge >= 0.3 is 6.11 Å². The summed E-state index contributed by atoms with van der Waals surface area (Å²) in [6.07, 6.45) is 12.4. The van der Waals surface area contributed by atoms with E-state index in [1.165, 1.54) is 81.9 Å². The van der Waals surface area contributed by atoms with E-state index < -0.39 is 23.6 Å². The SMILES string of the molecule is CCCCCC1CCC(c2ccc(C(F)(F)OC(C)c3ccc(C4CCC(CCC)CC4)cc3)c(F)c2)CC1. The van der Waals surface area contributed by atoms with Gasteiger partial charge < -0.3 is 4.74 Å². The molecule has 2 fully saturated rings. The number of halogens is 3. The van der Waals surface area contributed by atoms with Gasteiger partial charge in [-0.25, -0.2) is 4.39 Å². The van der Waals surface area contributed by atoms with Gasteiger partial charge in [0.2, 0.25) is 0 Å². The molecule has 2 aliphatic carbocycles. The Balaban J connectivity index is 1.32. The molecule has 2 saturated carbocycles. The molecule has 0 bridgehead atoms. The van der Waals surface area contributed by atoms with Crippen LogP contribution in [0.2, 0.25) is 0 Å². The zero-order valence-electron chi connectivity index (χ0n) is 24.4. The van der Waals surface area contributed by atoms with E-state index in [-0.39, 0.29) is 5.92 Å². The molecule has 4 rings (SSSR count). The second-order valence-electron chi connectivity index (χ2n) is 12.4. The van der Waals surface area contributed by atoms with Crippen LogP contribution in [0, 0.1) is 17.7 Å². The fourth-order valence-corrected chi connectivity index (χ4v) is 7.07. The molecule has 0 amide bonds. The molecule has 2 aromatic rings. The monoisotopic (exact) mass is 542 g/mol. The van der Waals surface area contributed by atoms with Gasteiger partial charge in [-0.15, -0.1) is 0 Å². The number of hydrogen-bond donors (Lipinski definition) is 0. The van der Waals surface area contributed by atoms with Crippen LogP contribution < -0.4 is 0 Å². The smallest absolute Gasteiger partial charge is 0.309 e. The van der Waals surface area contributed by atoms with Crippen molar-refractivity contribution in [2.75, 3.05) is 0 Å². The zero-order chi connectivity index (χ0) is 27.8. The lowest BCUT2D eigenvalue weighted by atomic mass is 9.77. The van der Waals surface area contributed by atoms with E-state index in [0.717, 1.165) is 43.1 Å². The van der Waals surface area contributed by atoms with Crippen molar-refractivity contribution in [3.63, 3.8) is 0 Å². The van der Waals surface area contributed by atoms with Gasteiger partial charge in [0.1, 0.15) is 5.82 Å². The third-order valence-corrected chi connectivity index (χ3v) is 9.59.